The molecule has 2 heterocycles. The Morgan fingerprint density at radius 3 is 2.93 bits per heavy atom. The van der Waals surface area contributed by atoms with Gasteiger partial charge in [0, 0.05) is 43.3 Å². The van der Waals surface area contributed by atoms with Crippen LogP contribution in [0.4, 0.5) is 5.69 Å². The van der Waals surface area contributed by atoms with Crippen LogP contribution in [0.5, 0.6) is 0 Å². The molecule has 2 rings (SSSR count). The van der Waals surface area contributed by atoms with Gasteiger partial charge in [-0.2, -0.15) is 0 Å². The van der Waals surface area contributed by atoms with Gasteiger partial charge in [0.1, 0.15) is 0 Å². The van der Waals surface area contributed by atoms with Gasteiger partial charge < -0.3 is 10.6 Å². The van der Waals surface area contributed by atoms with Crippen LogP contribution in [-0.4, -0.2) is 18.1 Å². The zero-order chi connectivity index (χ0) is 10.9. The van der Waals surface area contributed by atoms with Crippen LogP contribution in [0.3, 0.4) is 0 Å². The SMILES string of the molecule is CC1(C)CCN(c2ccncc2CN)C1. The molecule has 1 saturated heterocycles. The molecule has 1 aliphatic rings. The van der Waals surface area contributed by atoms with E-state index in [2.05, 4.69) is 29.8 Å². The van der Waals surface area contributed by atoms with Crippen LogP contribution in [0.2, 0.25) is 0 Å². The highest BCUT2D eigenvalue weighted by atomic mass is 15.2. The zero-order valence-corrected chi connectivity index (χ0v) is 9.53. The van der Waals surface area contributed by atoms with E-state index in [1.807, 2.05) is 12.4 Å². The lowest BCUT2D eigenvalue weighted by atomic mass is 9.93. The fourth-order valence-electron chi connectivity index (χ4n) is 2.20. The van der Waals surface area contributed by atoms with Gasteiger partial charge in [-0.15, -0.1) is 0 Å². The molecule has 0 aromatic carbocycles. The summed E-state index contributed by atoms with van der Waals surface area (Å²) in [6.07, 6.45) is 4.97. The molecule has 0 amide bonds. The lowest BCUT2D eigenvalue weighted by Crippen LogP contribution is -2.24. The average molecular weight is 205 g/mol. The molecule has 0 bridgehead atoms. The highest BCUT2D eigenvalue weighted by Crippen LogP contribution is 2.33. The summed E-state index contributed by atoms with van der Waals surface area (Å²) < 4.78 is 0. The normalized spacial score (nSPS) is 19.5. The van der Waals surface area contributed by atoms with Gasteiger partial charge in [-0.3, -0.25) is 4.98 Å². The van der Waals surface area contributed by atoms with Crippen molar-refractivity contribution in [3.05, 3.63) is 24.0 Å². The van der Waals surface area contributed by atoms with E-state index in [-0.39, 0.29) is 0 Å². The Bertz CT molecular complexity index is 346. The van der Waals surface area contributed by atoms with E-state index < -0.39 is 0 Å². The number of hydrogen-bond acceptors (Lipinski definition) is 3. The Hall–Kier alpha value is -1.09. The predicted octanol–water partition coefficient (Wildman–Crippen LogP) is 1.78. The topological polar surface area (TPSA) is 42.2 Å². The molecule has 0 aliphatic carbocycles. The standard InChI is InChI=1S/C12H19N3/c1-12(2)4-6-15(9-12)11-3-5-14-8-10(11)7-13/h3,5,8H,4,6-7,9,13H2,1-2H3. The fourth-order valence-corrected chi connectivity index (χ4v) is 2.20. The van der Waals surface area contributed by atoms with E-state index in [1.54, 1.807) is 0 Å². The number of hydrogen-bond donors (Lipinski definition) is 1. The lowest BCUT2D eigenvalue weighted by Gasteiger charge is -2.23. The molecular weight excluding hydrogens is 186 g/mol. The van der Waals surface area contributed by atoms with E-state index in [0.29, 0.717) is 12.0 Å². The van der Waals surface area contributed by atoms with Crippen molar-refractivity contribution in [1.29, 1.82) is 0 Å². The van der Waals surface area contributed by atoms with Crippen molar-refractivity contribution in [3.63, 3.8) is 0 Å². The highest BCUT2D eigenvalue weighted by Gasteiger charge is 2.29. The first-order valence-electron chi connectivity index (χ1n) is 5.50. The van der Waals surface area contributed by atoms with Crippen molar-refractivity contribution in [1.82, 2.24) is 4.98 Å². The lowest BCUT2D eigenvalue weighted by molar-refractivity contribution is 0.418. The Labute approximate surface area is 91.3 Å². The molecule has 3 heteroatoms. The molecule has 0 radical (unpaired) electrons. The number of nitrogens with two attached hydrogens (primary N) is 1. The monoisotopic (exact) mass is 205 g/mol. The van der Waals surface area contributed by atoms with Crippen LogP contribution < -0.4 is 10.6 Å². The second-order valence-corrected chi connectivity index (χ2v) is 5.04. The van der Waals surface area contributed by atoms with Crippen molar-refractivity contribution in [3.8, 4) is 0 Å². The Balaban J connectivity index is 2.23. The molecule has 0 atom stereocenters. The van der Waals surface area contributed by atoms with Gasteiger partial charge in [-0.1, -0.05) is 13.8 Å². The van der Waals surface area contributed by atoms with E-state index in [4.69, 9.17) is 5.73 Å². The first kappa shape index (κ1) is 10.4. The Morgan fingerprint density at radius 2 is 2.33 bits per heavy atom. The minimum Gasteiger partial charge on any atom is -0.371 e. The quantitative estimate of drug-likeness (QED) is 0.800. The van der Waals surface area contributed by atoms with Gasteiger partial charge in [0.15, 0.2) is 0 Å². The third-order valence-corrected chi connectivity index (χ3v) is 3.12. The molecule has 15 heavy (non-hydrogen) atoms. The molecule has 0 unspecified atom stereocenters. The van der Waals surface area contributed by atoms with Crippen molar-refractivity contribution in [2.75, 3.05) is 18.0 Å². The summed E-state index contributed by atoms with van der Waals surface area (Å²) in [6.45, 7) is 7.45. The summed E-state index contributed by atoms with van der Waals surface area (Å²) in [5.41, 5.74) is 8.56. The van der Waals surface area contributed by atoms with Gasteiger partial charge in [0.25, 0.3) is 0 Å². The van der Waals surface area contributed by atoms with Crippen LogP contribution in [0, 0.1) is 5.41 Å². The van der Waals surface area contributed by atoms with Crippen LogP contribution in [-0.2, 0) is 6.54 Å². The van der Waals surface area contributed by atoms with Gasteiger partial charge in [-0.05, 0) is 17.9 Å². The van der Waals surface area contributed by atoms with Crippen LogP contribution >= 0.6 is 0 Å². The van der Waals surface area contributed by atoms with Gasteiger partial charge in [0.05, 0.1) is 0 Å². The average Bonchev–Trinajstić information content (AvgIpc) is 2.59. The maximum absolute atomic E-state index is 5.72. The maximum atomic E-state index is 5.72. The van der Waals surface area contributed by atoms with Crippen LogP contribution in [0.25, 0.3) is 0 Å². The van der Waals surface area contributed by atoms with Crippen LogP contribution in [0.1, 0.15) is 25.8 Å². The number of anilines is 1. The third-order valence-electron chi connectivity index (χ3n) is 3.12. The van der Waals surface area contributed by atoms with Crippen molar-refractivity contribution in [2.24, 2.45) is 11.1 Å². The van der Waals surface area contributed by atoms with E-state index in [9.17, 15) is 0 Å². The van der Waals surface area contributed by atoms with Gasteiger partial charge in [-0.25, -0.2) is 0 Å². The van der Waals surface area contributed by atoms with E-state index in [0.717, 1.165) is 18.7 Å². The second kappa shape index (κ2) is 3.81. The maximum Gasteiger partial charge on any atom is 0.0442 e. The molecule has 1 fully saturated rings. The number of nitrogens with zero attached hydrogens (tertiary/aromatic N) is 2. The molecule has 82 valence electrons. The van der Waals surface area contributed by atoms with Crippen LogP contribution in [0.15, 0.2) is 18.5 Å². The number of aromatic nitrogens is 1. The first-order valence-corrected chi connectivity index (χ1v) is 5.50. The molecular formula is C12H19N3. The van der Waals surface area contributed by atoms with Gasteiger partial charge >= 0.3 is 0 Å². The Kier molecular flexibility index (Phi) is 2.65. The molecule has 0 saturated carbocycles. The minimum absolute atomic E-state index is 0.426. The molecule has 1 aliphatic heterocycles. The summed E-state index contributed by atoms with van der Waals surface area (Å²) >= 11 is 0. The largest absolute Gasteiger partial charge is 0.371 e. The number of rotatable bonds is 2. The summed E-state index contributed by atoms with van der Waals surface area (Å²) in [4.78, 5) is 6.54. The minimum atomic E-state index is 0.426. The van der Waals surface area contributed by atoms with Crippen molar-refractivity contribution < 1.29 is 0 Å². The van der Waals surface area contributed by atoms with Crippen molar-refractivity contribution >= 4 is 5.69 Å². The summed E-state index contributed by atoms with van der Waals surface area (Å²) in [6, 6.07) is 2.07. The molecule has 1 aromatic rings. The molecule has 0 spiro atoms. The molecule has 1 aromatic heterocycles. The van der Waals surface area contributed by atoms with E-state index >= 15 is 0 Å². The predicted molar refractivity (Wildman–Crippen MR) is 62.7 cm³/mol. The van der Waals surface area contributed by atoms with Crippen molar-refractivity contribution in [2.45, 2.75) is 26.8 Å². The first-order chi connectivity index (χ1) is 7.12. The molecule has 2 N–H and O–H groups in total. The summed E-state index contributed by atoms with van der Waals surface area (Å²) in [5, 5.41) is 0. The number of pyridine rings is 1. The second-order valence-electron chi connectivity index (χ2n) is 5.04. The summed E-state index contributed by atoms with van der Waals surface area (Å²) in [5.74, 6) is 0. The van der Waals surface area contributed by atoms with Gasteiger partial charge in [0.2, 0.25) is 0 Å². The highest BCUT2D eigenvalue weighted by molar-refractivity contribution is 5.53. The third kappa shape index (κ3) is 2.12. The Morgan fingerprint density at radius 1 is 1.53 bits per heavy atom. The molecule has 3 nitrogen and oxygen atoms in total. The zero-order valence-electron chi connectivity index (χ0n) is 9.53. The van der Waals surface area contributed by atoms with E-state index in [1.165, 1.54) is 12.1 Å². The fraction of sp³-hybridized carbons (Fsp3) is 0.583. The summed E-state index contributed by atoms with van der Waals surface area (Å²) in [7, 11) is 0. The smallest absolute Gasteiger partial charge is 0.0442 e.